The second-order valence-corrected chi connectivity index (χ2v) is 10.6. The molecule has 2 unspecified atom stereocenters. The fourth-order valence-corrected chi connectivity index (χ4v) is 7.74. The molecule has 23 heavy (non-hydrogen) atoms. The summed E-state index contributed by atoms with van der Waals surface area (Å²) in [6, 6.07) is 0. The summed E-state index contributed by atoms with van der Waals surface area (Å²) >= 11 is 4.01. The molecule has 1 heterocycles. The van der Waals surface area contributed by atoms with Gasteiger partial charge in [0.15, 0.2) is 0 Å². The van der Waals surface area contributed by atoms with E-state index in [1.54, 1.807) is 0 Å². The number of nitrogens with one attached hydrogen (secondary N) is 1. The molecule has 1 N–H and O–H groups in total. The second-order valence-electron chi connectivity index (χ2n) is 8.90. The zero-order chi connectivity index (χ0) is 15.9. The van der Waals surface area contributed by atoms with Crippen molar-refractivity contribution in [2.24, 2.45) is 17.3 Å². The van der Waals surface area contributed by atoms with Crippen molar-refractivity contribution >= 4 is 21.8 Å². The molecule has 1 saturated heterocycles. The summed E-state index contributed by atoms with van der Waals surface area (Å²) in [4.78, 5) is 15.5. The van der Waals surface area contributed by atoms with Crippen LogP contribution in [-0.2, 0) is 4.79 Å². The Morgan fingerprint density at radius 2 is 1.78 bits per heavy atom. The highest BCUT2D eigenvalue weighted by molar-refractivity contribution is 9.10. The third-order valence-corrected chi connectivity index (χ3v) is 7.78. The van der Waals surface area contributed by atoms with E-state index in [0.717, 1.165) is 50.6 Å². The fraction of sp³-hybridized carbons (Fsp3) is 0.947. The van der Waals surface area contributed by atoms with Crippen LogP contribution < -0.4 is 5.32 Å². The van der Waals surface area contributed by atoms with E-state index in [0.29, 0.717) is 5.91 Å². The van der Waals surface area contributed by atoms with Gasteiger partial charge in [0.2, 0.25) is 5.91 Å². The molecule has 5 aliphatic rings. The third kappa shape index (κ3) is 3.35. The number of carbonyl (C=O) groups is 1. The number of halogens is 1. The van der Waals surface area contributed by atoms with Crippen molar-refractivity contribution < 1.29 is 4.79 Å². The van der Waals surface area contributed by atoms with Crippen molar-refractivity contribution in [2.75, 3.05) is 26.2 Å². The quantitative estimate of drug-likeness (QED) is 0.580. The van der Waals surface area contributed by atoms with Crippen molar-refractivity contribution in [2.45, 2.75) is 68.5 Å². The predicted molar refractivity (Wildman–Crippen MR) is 96.7 cm³/mol. The van der Waals surface area contributed by atoms with Crippen molar-refractivity contribution in [1.82, 2.24) is 10.2 Å². The van der Waals surface area contributed by atoms with Crippen molar-refractivity contribution in [1.29, 1.82) is 0 Å². The highest BCUT2D eigenvalue weighted by Crippen LogP contribution is 2.64. The van der Waals surface area contributed by atoms with E-state index < -0.39 is 0 Å². The highest BCUT2D eigenvalue weighted by atomic mass is 79.9. The minimum atomic E-state index is -0.0429. The SMILES string of the molecule is O=C(NCCCN1CCCCC1)C12CC3CC(CC(Br)(C3)C1)C2. The first kappa shape index (κ1) is 16.4. The van der Waals surface area contributed by atoms with Gasteiger partial charge in [-0.2, -0.15) is 0 Å². The maximum atomic E-state index is 12.9. The number of nitrogens with zero attached hydrogens (tertiary/aromatic N) is 1. The Hall–Kier alpha value is -0.0900. The van der Waals surface area contributed by atoms with Crippen LogP contribution in [0, 0.1) is 17.3 Å². The number of hydrogen-bond donors (Lipinski definition) is 1. The highest BCUT2D eigenvalue weighted by Gasteiger charge is 2.59. The van der Waals surface area contributed by atoms with Crippen LogP contribution in [0.5, 0.6) is 0 Å². The van der Waals surface area contributed by atoms with E-state index in [1.807, 2.05) is 0 Å². The molecule has 4 heteroatoms. The number of carbonyl (C=O) groups excluding carboxylic acids is 1. The van der Waals surface area contributed by atoms with E-state index >= 15 is 0 Å². The summed E-state index contributed by atoms with van der Waals surface area (Å²) in [5, 5.41) is 3.31. The molecule has 2 atom stereocenters. The van der Waals surface area contributed by atoms with E-state index in [2.05, 4.69) is 26.1 Å². The molecule has 1 amide bonds. The van der Waals surface area contributed by atoms with Gasteiger partial charge in [0.1, 0.15) is 0 Å². The molecule has 0 spiro atoms. The van der Waals surface area contributed by atoms with Gasteiger partial charge >= 0.3 is 0 Å². The Morgan fingerprint density at radius 1 is 1.09 bits per heavy atom. The summed E-state index contributed by atoms with van der Waals surface area (Å²) in [5.74, 6) is 1.94. The lowest BCUT2D eigenvalue weighted by Crippen LogP contribution is -2.58. The number of piperidine rings is 1. The van der Waals surface area contributed by atoms with E-state index in [1.165, 1.54) is 51.6 Å². The largest absolute Gasteiger partial charge is 0.356 e. The van der Waals surface area contributed by atoms with Crippen LogP contribution in [-0.4, -0.2) is 41.3 Å². The lowest BCUT2D eigenvalue weighted by atomic mass is 9.49. The Morgan fingerprint density at radius 3 is 2.43 bits per heavy atom. The summed E-state index contributed by atoms with van der Waals surface area (Å²) in [7, 11) is 0. The lowest BCUT2D eigenvalue weighted by Gasteiger charge is -2.59. The van der Waals surface area contributed by atoms with Crippen LogP contribution in [0.4, 0.5) is 0 Å². The summed E-state index contributed by atoms with van der Waals surface area (Å²) in [5.41, 5.74) is -0.0429. The molecule has 4 aliphatic carbocycles. The van der Waals surface area contributed by atoms with Crippen LogP contribution >= 0.6 is 15.9 Å². The van der Waals surface area contributed by atoms with E-state index in [9.17, 15) is 4.79 Å². The number of alkyl halides is 1. The Labute approximate surface area is 149 Å². The van der Waals surface area contributed by atoms with Gasteiger partial charge in [0.05, 0.1) is 5.41 Å². The Bertz CT molecular complexity index is 446. The summed E-state index contributed by atoms with van der Waals surface area (Å²) in [6.07, 6.45) is 12.5. The van der Waals surface area contributed by atoms with Crippen LogP contribution in [0.3, 0.4) is 0 Å². The minimum absolute atomic E-state index is 0.0429. The number of rotatable bonds is 5. The molecule has 3 nitrogen and oxygen atoms in total. The molecule has 0 aromatic rings. The molecule has 0 aromatic heterocycles. The maximum absolute atomic E-state index is 12.9. The maximum Gasteiger partial charge on any atom is 0.226 e. The zero-order valence-electron chi connectivity index (χ0n) is 14.3. The minimum Gasteiger partial charge on any atom is -0.356 e. The number of likely N-dealkylation sites (tertiary alicyclic amines) is 1. The van der Waals surface area contributed by atoms with Gasteiger partial charge in [-0.15, -0.1) is 0 Å². The average molecular weight is 383 g/mol. The molecule has 0 aromatic carbocycles. The fourth-order valence-electron chi connectivity index (χ4n) is 6.29. The van der Waals surface area contributed by atoms with Crippen molar-refractivity contribution in [3.63, 3.8) is 0 Å². The molecule has 1 aliphatic heterocycles. The van der Waals surface area contributed by atoms with Crippen LogP contribution in [0.15, 0.2) is 0 Å². The molecule has 0 radical (unpaired) electrons. The van der Waals surface area contributed by atoms with Gasteiger partial charge in [-0.1, -0.05) is 22.4 Å². The smallest absolute Gasteiger partial charge is 0.226 e. The van der Waals surface area contributed by atoms with Gasteiger partial charge in [-0.3, -0.25) is 4.79 Å². The lowest BCUT2D eigenvalue weighted by molar-refractivity contribution is -0.144. The first-order chi connectivity index (χ1) is 11.1. The van der Waals surface area contributed by atoms with Gasteiger partial charge in [-0.05, 0) is 89.3 Å². The summed E-state index contributed by atoms with van der Waals surface area (Å²) in [6.45, 7) is 4.53. The van der Waals surface area contributed by atoms with E-state index in [4.69, 9.17) is 0 Å². The molecule has 130 valence electrons. The van der Waals surface area contributed by atoms with Gasteiger partial charge in [0.25, 0.3) is 0 Å². The predicted octanol–water partition coefficient (Wildman–Crippen LogP) is 3.71. The number of hydrogen-bond acceptors (Lipinski definition) is 2. The van der Waals surface area contributed by atoms with Gasteiger partial charge < -0.3 is 10.2 Å². The second kappa shape index (κ2) is 6.33. The van der Waals surface area contributed by atoms with Gasteiger partial charge in [0, 0.05) is 10.9 Å². The Kier molecular flexibility index (Phi) is 4.51. The molecule has 4 saturated carbocycles. The number of amides is 1. The van der Waals surface area contributed by atoms with Crippen molar-refractivity contribution in [3.8, 4) is 0 Å². The molecular formula is C19H31BrN2O. The topological polar surface area (TPSA) is 32.3 Å². The van der Waals surface area contributed by atoms with Crippen LogP contribution in [0.2, 0.25) is 0 Å². The molecule has 5 fully saturated rings. The zero-order valence-corrected chi connectivity index (χ0v) is 15.9. The standard InChI is InChI=1S/C19H31BrN2O/c20-19-12-15-9-16(13-19)11-18(10-15,14-19)17(23)21-5-4-8-22-6-2-1-3-7-22/h15-16H,1-14H2,(H,21,23). The van der Waals surface area contributed by atoms with Crippen molar-refractivity contribution in [3.05, 3.63) is 0 Å². The monoisotopic (exact) mass is 382 g/mol. The van der Waals surface area contributed by atoms with Gasteiger partial charge in [-0.25, -0.2) is 0 Å². The van der Waals surface area contributed by atoms with E-state index in [-0.39, 0.29) is 9.74 Å². The molecular weight excluding hydrogens is 352 g/mol. The van der Waals surface area contributed by atoms with Crippen LogP contribution in [0.25, 0.3) is 0 Å². The average Bonchev–Trinajstić information content (AvgIpc) is 2.50. The summed E-state index contributed by atoms with van der Waals surface area (Å²) < 4.78 is 0.280. The first-order valence-electron chi connectivity index (χ1n) is 9.77. The molecule has 4 bridgehead atoms. The normalized spacial score (nSPS) is 42.8. The first-order valence-corrected chi connectivity index (χ1v) is 10.6. The Balaban J connectivity index is 1.27. The third-order valence-electron chi connectivity index (χ3n) is 6.86. The molecule has 5 rings (SSSR count). The van der Waals surface area contributed by atoms with Crippen LogP contribution in [0.1, 0.15) is 64.2 Å².